The molecule has 32 heavy (non-hydrogen) atoms. The number of phenols is 1. The summed E-state index contributed by atoms with van der Waals surface area (Å²) in [5.74, 6) is -3.45. The molecule has 0 fully saturated rings. The average Bonchev–Trinajstić information content (AvgIpc) is 2.72. The Morgan fingerprint density at radius 1 is 1.22 bits per heavy atom. The molecule has 0 spiro atoms. The van der Waals surface area contributed by atoms with E-state index in [9.17, 15) is 19.5 Å². The fourth-order valence-corrected chi connectivity index (χ4v) is 4.44. The highest BCUT2D eigenvalue weighted by atomic mass is 16.5. The van der Waals surface area contributed by atoms with E-state index in [2.05, 4.69) is 5.32 Å². The van der Waals surface area contributed by atoms with Crippen LogP contribution in [0.3, 0.4) is 0 Å². The van der Waals surface area contributed by atoms with E-state index < -0.39 is 29.6 Å². The molecule has 0 unspecified atom stereocenters. The number of aromatic hydroxyl groups is 1. The molecule has 3 atom stereocenters. The van der Waals surface area contributed by atoms with Crippen LogP contribution in [-0.2, 0) is 23.9 Å². The highest BCUT2D eigenvalue weighted by molar-refractivity contribution is 6.12. The summed E-state index contributed by atoms with van der Waals surface area (Å²) in [6, 6.07) is 4.67. The highest BCUT2D eigenvalue weighted by Gasteiger charge is 2.47. The number of hydrogen-bond donors (Lipinski definition) is 2. The number of carbonyl (C=O) groups excluding carboxylic acids is 3. The molecule has 172 valence electrons. The summed E-state index contributed by atoms with van der Waals surface area (Å²) in [6.45, 7) is 7.07. The summed E-state index contributed by atoms with van der Waals surface area (Å²) in [6.07, 6.45) is 0.0780. The molecular weight excluding hydrogens is 414 g/mol. The number of rotatable bonds is 5. The van der Waals surface area contributed by atoms with Crippen molar-refractivity contribution in [1.29, 1.82) is 0 Å². The van der Waals surface area contributed by atoms with Crippen molar-refractivity contribution in [3.8, 4) is 11.5 Å². The lowest BCUT2D eigenvalue weighted by Crippen LogP contribution is -2.43. The van der Waals surface area contributed by atoms with E-state index in [1.807, 2.05) is 6.92 Å². The fraction of sp³-hybridized carbons (Fsp3) is 0.458. The highest BCUT2D eigenvalue weighted by Crippen LogP contribution is 2.46. The fourth-order valence-electron chi connectivity index (χ4n) is 4.44. The third-order valence-electron chi connectivity index (χ3n) is 5.84. The van der Waals surface area contributed by atoms with Crippen molar-refractivity contribution in [3.63, 3.8) is 0 Å². The van der Waals surface area contributed by atoms with Crippen LogP contribution in [0.1, 0.15) is 45.6 Å². The van der Waals surface area contributed by atoms with Gasteiger partial charge in [0.15, 0.2) is 17.3 Å². The molecule has 1 aromatic carbocycles. The van der Waals surface area contributed by atoms with Gasteiger partial charge in [-0.1, -0.05) is 13.0 Å². The van der Waals surface area contributed by atoms with E-state index in [0.29, 0.717) is 29.0 Å². The van der Waals surface area contributed by atoms with Gasteiger partial charge < -0.3 is 24.6 Å². The molecule has 0 saturated carbocycles. The largest absolute Gasteiger partial charge is 0.504 e. The van der Waals surface area contributed by atoms with Crippen molar-refractivity contribution in [2.24, 2.45) is 11.8 Å². The maximum Gasteiger partial charge on any atom is 0.337 e. The second-order valence-corrected chi connectivity index (χ2v) is 8.42. The second kappa shape index (κ2) is 9.06. The monoisotopic (exact) mass is 443 g/mol. The van der Waals surface area contributed by atoms with E-state index in [0.717, 1.165) is 0 Å². The number of dihydropyridines is 1. The predicted molar refractivity (Wildman–Crippen MR) is 116 cm³/mol. The normalized spacial score (nSPS) is 23.0. The summed E-state index contributed by atoms with van der Waals surface area (Å²) >= 11 is 0. The number of benzene rings is 1. The van der Waals surface area contributed by atoms with Crippen LogP contribution >= 0.6 is 0 Å². The Labute approximate surface area is 187 Å². The third kappa shape index (κ3) is 4.09. The Balaban J connectivity index is 2.22. The van der Waals surface area contributed by atoms with Gasteiger partial charge in [-0.15, -0.1) is 0 Å². The molecule has 0 aromatic heterocycles. The average molecular weight is 443 g/mol. The topological polar surface area (TPSA) is 111 Å². The van der Waals surface area contributed by atoms with Crippen LogP contribution < -0.4 is 10.1 Å². The minimum absolute atomic E-state index is 0.0672. The maximum absolute atomic E-state index is 13.6. The molecule has 8 heteroatoms. The van der Waals surface area contributed by atoms with Gasteiger partial charge >= 0.3 is 11.9 Å². The summed E-state index contributed by atoms with van der Waals surface area (Å²) in [4.78, 5) is 39.2. The van der Waals surface area contributed by atoms with Crippen molar-refractivity contribution < 1.29 is 33.7 Å². The van der Waals surface area contributed by atoms with Gasteiger partial charge in [-0.25, -0.2) is 4.79 Å². The van der Waals surface area contributed by atoms with Crippen molar-refractivity contribution in [2.75, 3.05) is 14.2 Å². The number of allylic oxidation sites excluding steroid dienone is 3. The van der Waals surface area contributed by atoms with Crippen molar-refractivity contribution in [3.05, 3.63) is 46.3 Å². The van der Waals surface area contributed by atoms with Gasteiger partial charge in [-0.2, -0.15) is 0 Å². The molecular formula is C24H29NO7. The molecule has 0 amide bonds. The van der Waals surface area contributed by atoms with Gasteiger partial charge in [0.1, 0.15) is 5.92 Å². The molecule has 2 aliphatic rings. The first-order valence-electron chi connectivity index (χ1n) is 10.5. The maximum atomic E-state index is 13.6. The Hall–Kier alpha value is -3.29. The van der Waals surface area contributed by atoms with E-state index in [4.69, 9.17) is 14.2 Å². The smallest absolute Gasteiger partial charge is 0.337 e. The Morgan fingerprint density at radius 3 is 2.50 bits per heavy atom. The van der Waals surface area contributed by atoms with Crippen LogP contribution in [-0.4, -0.2) is 43.2 Å². The number of Topliss-reactive ketones (excluding diaryl/α,β-unsaturated/α-hetero) is 1. The van der Waals surface area contributed by atoms with Gasteiger partial charge in [-0.3, -0.25) is 9.59 Å². The van der Waals surface area contributed by atoms with Crippen LogP contribution in [0, 0.1) is 11.8 Å². The molecule has 2 N–H and O–H groups in total. The number of ether oxygens (including phenoxy) is 3. The first-order chi connectivity index (χ1) is 15.1. The quantitative estimate of drug-likeness (QED) is 0.528. The molecule has 1 aromatic rings. The van der Waals surface area contributed by atoms with E-state index >= 15 is 0 Å². The first-order valence-corrected chi connectivity index (χ1v) is 10.5. The number of ketones is 1. The minimum atomic E-state index is -0.970. The zero-order valence-electron chi connectivity index (χ0n) is 19.1. The lowest BCUT2D eigenvalue weighted by atomic mass is 9.69. The molecule has 1 aliphatic carbocycles. The molecule has 3 rings (SSSR count). The van der Waals surface area contributed by atoms with E-state index in [-0.39, 0.29) is 29.1 Å². The third-order valence-corrected chi connectivity index (χ3v) is 5.84. The Kier molecular flexibility index (Phi) is 6.62. The number of carbonyl (C=O) groups is 3. The zero-order chi connectivity index (χ0) is 23.7. The first kappa shape index (κ1) is 23.4. The van der Waals surface area contributed by atoms with E-state index in [1.54, 1.807) is 32.9 Å². The molecule has 0 saturated heterocycles. The zero-order valence-corrected chi connectivity index (χ0v) is 19.1. The van der Waals surface area contributed by atoms with Crippen molar-refractivity contribution >= 4 is 17.7 Å². The summed E-state index contributed by atoms with van der Waals surface area (Å²) in [5, 5.41) is 13.3. The van der Waals surface area contributed by atoms with E-state index in [1.165, 1.54) is 20.3 Å². The predicted octanol–water partition coefficient (Wildman–Crippen LogP) is 2.97. The van der Waals surface area contributed by atoms with Crippen molar-refractivity contribution in [1.82, 2.24) is 5.32 Å². The number of methoxy groups -OCH3 is 2. The Bertz CT molecular complexity index is 1020. The Morgan fingerprint density at radius 2 is 1.91 bits per heavy atom. The molecule has 8 nitrogen and oxygen atoms in total. The standard InChI is InChI=1S/C24H29NO7/c1-11(2)32-24(29)19-13(4)25-15-9-12(3)18(23(28)31-6)22(27)21(15)20(19)14-7-8-16(26)17(10-14)30-5/h7-8,10-12,18,20,25-26H,9H2,1-6H3/t12-,18+,20+/m1/s1. The minimum Gasteiger partial charge on any atom is -0.504 e. The van der Waals surface area contributed by atoms with Gasteiger partial charge in [0.2, 0.25) is 0 Å². The van der Waals surface area contributed by atoms with Gasteiger partial charge in [-0.05, 0) is 50.8 Å². The molecule has 1 heterocycles. The van der Waals surface area contributed by atoms with Crippen LogP contribution in [0.15, 0.2) is 40.7 Å². The number of phenolic OH excluding ortho intramolecular Hbond substituents is 1. The lowest BCUT2D eigenvalue weighted by Gasteiger charge is -2.38. The molecule has 1 aliphatic heterocycles. The summed E-state index contributed by atoms with van der Waals surface area (Å²) < 4.78 is 15.6. The van der Waals surface area contributed by atoms with Crippen LogP contribution in [0.25, 0.3) is 0 Å². The second-order valence-electron chi connectivity index (χ2n) is 8.42. The van der Waals surface area contributed by atoms with Crippen molar-refractivity contribution in [2.45, 2.75) is 46.1 Å². The number of nitrogens with one attached hydrogen (secondary N) is 1. The molecule has 0 radical (unpaired) electrons. The van der Waals surface area contributed by atoms with Crippen LogP contribution in [0.4, 0.5) is 0 Å². The van der Waals surface area contributed by atoms with Gasteiger partial charge in [0.25, 0.3) is 0 Å². The van der Waals surface area contributed by atoms with Gasteiger partial charge in [0.05, 0.1) is 25.9 Å². The number of hydrogen-bond acceptors (Lipinski definition) is 8. The SMILES string of the molecule is COC(=O)[C@@H]1C(=O)C2=C(C[C@H]1C)NC(C)=C(C(=O)OC(C)C)[C@@H]2c1ccc(O)c(OC)c1. The van der Waals surface area contributed by atoms with Crippen LogP contribution in [0.5, 0.6) is 11.5 Å². The summed E-state index contributed by atoms with van der Waals surface area (Å²) in [5.41, 5.74) is 2.40. The number of esters is 2. The van der Waals surface area contributed by atoms with Gasteiger partial charge in [0, 0.05) is 22.9 Å². The lowest BCUT2D eigenvalue weighted by molar-refractivity contribution is -0.151. The molecule has 0 bridgehead atoms. The van der Waals surface area contributed by atoms with Crippen LogP contribution in [0.2, 0.25) is 0 Å². The summed E-state index contributed by atoms with van der Waals surface area (Å²) in [7, 11) is 2.67.